The monoisotopic (exact) mass is 373 g/mol. The van der Waals surface area contributed by atoms with E-state index in [-0.39, 0.29) is 23.4 Å². The van der Waals surface area contributed by atoms with Crippen LogP contribution in [-0.2, 0) is 9.47 Å². The molecule has 7 nitrogen and oxygen atoms in total. The fraction of sp³-hybridized carbons (Fsp3) is 0.611. The Labute approximate surface area is 156 Å². The second-order valence-corrected chi connectivity index (χ2v) is 8.10. The zero-order valence-electron chi connectivity index (χ0n) is 14.9. The molecule has 1 N–H and O–H groups in total. The zero-order chi connectivity index (χ0) is 18.2. The van der Waals surface area contributed by atoms with Gasteiger partial charge in [-0.05, 0) is 39.0 Å². The summed E-state index contributed by atoms with van der Waals surface area (Å²) < 4.78 is 14.4. The molecular weight excluding hydrogens is 354 g/mol. The SMILES string of the molecule is CCNc1c(C#N)c(Cl)nc2c1ncn2[C@@H]1[C@H]2C[C@H]2[C@H]2OC(C)(C)O[C@H]21. The third-order valence-corrected chi connectivity index (χ3v) is 5.98. The summed E-state index contributed by atoms with van der Waals surface area (Å²) in [5.41, 5.74) is 2.34. The molecule has 5 rings (SSSR count). The summed E-state index contributed by atoms with van der Waals surface area (Å²) in [5.74, 6) is 0.481. The molecule has 3 heterocycles. The van der Waals surface area contributed by atoms with Crippen LogP contribution in [-0.4, -0.2) is 39.1 Å². The van der Waals surface area contributed by atoms with Crippen molar-refractivity contribution in [2.45, 2.75) is 51.2 Å². The molecule has 2 saturated carbocycles. The lowest BCUT2D eigenvalue weighted by atomic mass is 10.1. The van der Waals surface area contributed by atoms with Crippen LogP contribution >= 0.6 is 11.6 Å². The van der Waals surface area contributed by atoms with Crippen LogP contribution in [0.5, 0.6) is 0 Å². The summed E-state index contributed by atoms with van der Waals surface area (Å²) in [7, 11) is 0. The Morgan fingerprint density at radius 3 is 2.88 bits per heavy atom. The minimum Gasteiger partial charge on any atom is -0.382 e. The van der Waals surface area contributed by atoms with Crippen LogP contribution < -0.4 is 5.32 Å². The molecule has 0 amide bonds. The number of pyridine rings is 1. The first-order chi connectivity index (χ1) is 12.4. The number of anilines is 1. The van der Waals surface area contributed by atoms with Crippen molar-refractivity contribution < 1.29 is 9.47 Å². The first-order valence-electron chi connectivity index (χ1n) is 9.01. The number of fused-ring (bicyclic) bond motifs is 4. The summed E-state index contributed by atoms with van der Waals surface area (Å²) in [4.78, 5) is 9.07. The van der Waals surface area contributed by atoms with Gasteiger partial charge in [-0.2, -0.15) is 5.26 Å². The maximum absolute atomic E-state index is 9.45. The number of rotatable bonds is 3. The molecule has 3 fully saturated rings. The molecule has 2 aromatic heterocycles. The lowest BCUT2D eigenvalue weighted by Crippen LogP contribution is -2.30. The molecule has 136 valence electrons. The average molecular weight is 374 g/mol. The molecule has 0 bridgehead atoms. The Hall–Kier alpha value is -1.88. The van der Waals surface area contributed by atoms with Gasteiger partial charge in [-0.15, -0.1) is 0 Å². The summed E-state index contributed by atoms with van der Waals surface area (Å²) in [6.45, 7) is 6.56. The number of imidazole rings is 1. The van der Waals surface area contributed by atoms with Gasteiger partial charge in [0.15, 0.2) is 16.6 Å². The van der Waals surface area contributed by atoms with Gasteiger partial charge in [-0.1, -0.05) is 11.6 Å². The highest BCUT2D eigenvalue weighted by atomic mass is 35.5. The van der Waals surface area contributed by atoms with E-state index in [4.69, 9.17) is 21.1 Å². The van der Waals surface area contributed by atoms with E-state index >= 15 is 0 Å². The van der Waals surface area contributed by atoms with Gasteiger partial charge >= 0.3 is 0 Å². The quantitative estimate of drug-likeness (QED) is 0.832. The first-order valence-corrected chi connectivity index (χ1v) is 9.38. The second kappa shape index (κ2) is 5.32. The molecule has 3 aliphatic rings. The molecule has 1 saturated heterocycles. The van der Waals surface area contributed by atoms with Crippen LogP contribution in [0.4, 0.5) is 5.69 Å². The van der Waals surface area contributed by atoms with Crippen molar-refractivity contribution in [3.8, 4) is 6.07 Å². The van der Waals surface area contributed by atoms with E-state index < -0.39 is 5.79 Å². The van der Waals surface area contributed by atoms with Crippen molar-refractivity contribution in [3.63, 3.8) is 0 Å². The molecular formula is C18H20ClN5O2. The Bertz CT molecular complexity index is 949. The van der Waals surface area contributed by atoms with Crippen LogP contribution in [0.1, 0.15) is 38.8 Å². The van der Waals surface area contributed by atoms with Crippen molar-refractivity contribution in [3.05, 3.63) is 17.0 Å². The smallest absolute Gasteiger partial charge is 0.164 e. The fourth-order valence-electron chi connectivity index (χ4n) is 4.71. The number of nitrogens with one attached hydrogen (secondary N) is 1. The molecule has 5 atom stereocenters. The van der Waals surface area contributed by atoms with Crippen LogP contribution in [0.25, 0.3) is 11.2 Å². The molecule has 0 unspecified atom stereocenters. The van der Waals surface area contributed by atoms with E-state index in [0.717, 1.165) is 6.42 Å². The van der Waals surface area contributed by atoms with E-state index in [1.54, 1.807) is 6.33 Å². The number of hydrogen-bond donors (Lipinski definition) is 1. The minimum absolute atomic E-state index is 0.00930. The summed E-state index contributed by atoms with van der Waals surface area (Å²) in [6.07, 6.45) is 3.05. The van der Waals surface area contributed by atoms with Gasteiger partial charge in [0.2, 0.25) is 0 Å². The zero-order valence-corrected chi connectivity index (χ0v) is 15.6. The van der Waals surface area contributed by atoms with E-state index in [9.17, 15) is 5.26 Å². The van der Waals surface area contributed by atoms with Crippen molar-refractivity contribution >= 4 is 28.5 Å². The number of ether oxygens (including phenoxy) is 2. The lowest BCUT2D eigenvalue weighted by molar-refractivity contribution is -0.156. The average Bonchev–Trinajstić information content (AvgIpc) is 3.02. The second-order valence-electron chi connectivity index (χ2n) is 7.74. The van der Waals surface area contributed by atoms with Gasteiger partial charge in [0.25, 0.3) is 0 Å². The van der Waals surface area contributed by atoms with Gasteiger partial charge < -0.3 is 19.4 Å². The lowest BCUT2D eigenvalue weighted by Gasteiger charge is -2.24. The third-order valence-electron chi connectivity index (χ3n) is 5.70. The van der Waals surface area contributed by atoms with Crippen LogP contribution in [0.3, 0.4) is 0 Å². The van der Waals surface area contributed by atoms with Crippen molar-refractivity contribution in [1.82, 2.24) is 14.5 Å². The molecule has 0 radical (unpaired) electrons. The minimum atomic E-state index is -0.564. The Balaban J connectivity index is 1.64. The van der Waals surface area contributed by atoms with Crippen LogP contribution in [0.15, 0.2) is 6.33 Å². The van der Waals surface area contributed by atoms with Crippen molar-refractivity contribution in [2.24, 2.45) is 11.8 Å². The molecule has 2 aromatic rings. The fourth-order valence-corrected chi connectivity index (χ4v) is 4.92. The van der Waals surface area contributed by atoms with E-state index in [2.05, 4.69) is 25.9 Å². The Kier molecular flexibility index (Phi) is 3.34. The first kappa shape index (κ1) is 16.3. The van der Waals surface area contributed by atoms with E-state index in [0.29, 0.717) is 40.8 Å². The molecule has 2 aliphatic carbocycles. The molecule has 26 heavy (non-hydrogen) atoms. The predicted molar refractivity (Wildman–Crippen MR) is 95.9 cm³/mol. The number of aromatic nitrogens is 3. The van der Waals surface area contributed by atoms with Crippen molar-refractivity contribution in [1.29, 1.82) is 5.26 Å². The Morgan fingerprint density at radius 1 is 1.38 bits per heavy atom. The van der Waals surface area contributed by atoms with Crippen LogP contribution in [0, 0.1) is 23.2 Å². The summed E-state index contributed by atoms with van der Waals surface area (Å²) in [5, 5.41) is 12.9. The van der Waals surface area contributed by atoms with Gasteiger partial charge in [0, 0.05) is 6.54 Å². The number of hydrogen-bond acceptors (Lipinski definition) is 6. The molecule has 0 spiro atoms. The predicted octanol–water partition coefficient (Wildman–Crippen LogP) is 3.10. The van der Waals surface area contributed by atoms with E-state index in [1.807, 2.05) is 20.8 Å². The topological polar surface area (TPSA) is 85.0 Å². The number of nitriles is 1. The highest BCUT2D eigenvalue weighted by molar-refractivity contribution is 6.31. The maximum Gasteiger partial charge on any atom is 0.164 e. The summed E-state index contributed by atoms with van der Waals surface area (Å²) in [6, 6.07) is 2.26. The maximum atomic E-state index is 9.45. The number of halogens is 1. The molecule has 0 aromatic carbocycles. The largest absolute Gasteiger partial charge is 0.382 e. The highest BCUT2D eigenvalue weighted by Crippen LogP contribution is 2.63. The van der Waals surface area contributed by atoms with Crippen LogP contribution in [0.2, 0.25) is 5.15 Å². The van der Waals surface area contributed by atoms with Gasteiger partial charge in [-0.3, -0.25) is 0 Å². The van der Waals surface area contributed by atoms with Gasteiger partial charge in [-0.25, -0.2) is 9.97 Å². The van der Waals surface area contributed by atoms with E-state index in [1.165, 1.54) is 0 Å². The summed E-state index contributed by atoms with van der Waals surface area (Å²) >= 11 is 6.31. The van der Waals surface area contributed by atoms with Gasteiger partial charge in [0.1, 0.15) is 23.3 Å². The Morgan fingerprint density at radius 2 is 2.15 bits per heavy atom. The third kappa shape index (κ3) is 2.13. The standard InChI is InChI=1S/C18H20ClN5O2/c1-4-21-11-10(6-20)16(19)23-17-12(11)22-7-24(17)13-8-5-9(8)14-15(13)26-18(2,3)25-14/h7-9,13-15H,4-5H2,1-3H3,(H,21,23)/t8-,9+,13+,14+,15-/m0/s1. The molecule has 8 heteroatoms. The van der Waals surface area contributed by atoms with Crippen molar-refractivity contribution in [2.75, 3.05) is 11.9 Å². The van der Waals surface area contributed by atoms with Gasteiger partial charge in [0.05, 0.1) is 24.2 Å². The molecule has 1 aliphatic heterocycles. The number of nitrogens with zero attached hydrogens (tertiary/aromatic N) is 4. The normalized spacial score (nSPS) is 33.7. The highest BCUT2D eigenvalue weighted by Gasteiger charge is 2.66.